The summed E-state index contributed by atoms with van der Waals surface area (Å²) in [5.41, 5.74) is 1.31. The second kappa shape index (κ2) is 8.85. The lowest BCUT2D eigenvalue weighted by atomic mass is 10.0. The molecular weight excluding hydrogens is 346 g/mol. The second-order valence-electron chi connectivity index (χ2n) is 7.29. The molecule has 26 heavy (non-hydrogen) atoms. The van der Waals surface area contributed by atoms with Crippen molar-refractivity contribution in [1.82, 2.24) is 15.5 Å². The lowest BCUT2D eigenvalue weighted by Gasteiger charge is -2.27. The Morgan fingerprint density at radius 3 is 2.69 bits per heavy atom. The maximum absolute atomic E-state index is 12.4. The molecular formula is C21H28ClN3O. The molecule has 2 unspecified atom stereocenters. The molecule has 2 aliphatic rings. The smallest absolute Gasteiger partial charge is 0.223 e. The van der Waals surface area contributed by atoms with Gasteiger partial charge in [0, 0.05) is 38.6 Å². The van der Waals surface area contributed by atoms with Crippen molar-refractivity contribution >= 4 is 29.1 Å². The zero-order valence-corrected chi connectivity index (χ0v) is 15.9. The van der Waals surface area contributed by atoms with Gasteiger partial charge in [-0.1, -0.05) is 42.5 Å². The maximum atomic E-state index is 12.4. The first-order valence-corrected chi connectivity index (χ1v) is 9.51. The first-order chi connectivity index (χ1) is 12.3. The molecule has 0 bridgehead atoms. The summed E-state index contributed by atoms with van der Waals surface area (Å²) in [4.78, 5) is 14.8. The summed E-state index contributed by atoms with van der Waals surface area (Å²) in [6.45, 7) is 6.30. The summed E-state index contributed by atoms with van der Waals surface area (Å²) in [6, 6.07) is 15.0. The van der Waals surface area contributed by atoms with Gasteiger partial charge in [-0.3, -0.25) is 4.79 Å². The van der Waals surface area contributed by atoms with Crippen molar-refractivity contribution in [2.45, 2.75) is 18.8 Å². The van der Waals surface area contributed by atoms with E-state index < -0.39 is 0 Å². The van der Waals surface area contributed by atoms with E-state index in [0.717, 1.165) is 52.1 Å². The number of nitrogens with one attached hydrogen (secondary N) is 2. The van der Waals surface area contributed by atoms with E-state index in [-0.39, 0.29) is 24.2 Å². The minimum Gasteiger partial charge on any atom is -0.356 e. The maximum Gasteiger partial charge on any atom is 0.223 e. The van der Waals surface area contributed by atoms with Crippen LogP contribution in [0.3, 0.4) is 0 Å². The highest BCUT2D eigenvalue weighted by molar-refractivity contribution is 5.86. The van der Waals surface area contributed by atoms with Crippen LogP contribution in [0.2, 0.25) is 0 Å². The molecule has 2 N–H and O–H groups in total. The molecule has 4 nitrogen and oxygen atoms in total. The van der Waals surface area contributed by atoms with Crippen LogP contribution >= 0.6 is 12.4 Å². The quantitative estimate of drug-likeness (QED) is 0.765. The van der Waals surface area contributed by atoms with Crippen molar-refractivity contribution in [2.75, 3.05) is 39.3 Å². The number of hydrogen-bond donors (Lipinski definition) is 2. The predicted molar refractivity (Wildman–Crippen MR) is 109 cm³/mol. The summed E-state index contributed by atoms with van der Waals surface area (Å²) in [6.07, 6.45) is 2.03. The van der Waals surface area contributed by atoms with Gasteiger partial charge in [0.1, 0.15) is 0 Å². The standard InChI is InChI=1S/C21H27N3O.ClH/c25-21(23-8-3-11-24-12-9-22-10-13-24)20-15-19(20)18-7-6-16-4-1-2-5-17(16)14-18;/h1-2,4-7,14,19-20,22H,3,8-13,15H2,(H,23,25);1H. The Hall–Kier alpha value is -1.62. The summed E-state index contributed by atoms with van der Waals surface area (Å²) in [5.74, 6) is 0.802. The van der Waals surface area contributed by atoms with Gasteiger partial charge in [0.15, 0.2) is 0 Å². The van der Waals surface area contributed by atoms with Crippen LogP contribution in [-0.2, 0) is 4.79 Å². The average molecular weight is 374 g/mol. The number of nitrogens with zero attached hydrogens (tertiary/aromatic N) is 1. The van der Waals surface area contributed by atoms with Gasteiger partial charge in [0.25, 0.3) is 0 Å². The Bertz CT molecular complexity index is 745. The molecule has 1 saturated heterocycles. The van der Waals surface area contributed by atoms with E-state index in [9.17, 15) is 4.79 Å². The molecule has 140 valence electrons. The molecule has 2 aromatic rings. The molecule has 0 aromatic heterocycles. The van der Waals surface area contributed by atoms with Crippen molar-refractivity contribution < 1.29 is 4.79 Å². The normalized spacial score (nSPS) is 22.6. The molecule has 1 heterocycles. The molecule has 2 aromatic carbocycles. The number of benzene rings is 2. The molecule has 0 radical (unpaired) electrons. The van der Waals surface area contributed by atoms with Gasteiger partial charge in [-0.2, -0.15) is 0 Å². The van der Waals surface area contributed by atoms with Crippen molar-refractivity contribution in [3.8, 4) is 0 Å². The molecule has 4 rings (SSSR count). The molecule has 0 spiro atoms. The highest BCUT2D eigenvalue weighted by atomic mass is 35.5. The molecule has 2 fully saturated rings. The Balaban J connectivity index is 0.00000196. The Morgan fingerprint density at radius 1 is 1.12 bits per heavy atom. The third kappa shape index (κ3) is 4.56. The fraction of sp³-hybridized carbons (Fsp3) is 0.476. The summed E-state index contributed by atoms with van der Waals surface area (Å²) in [5, 5.41) is 9.04. The molecule has 1 aliphatic heterocycles. The SMILES string of the molecule is Cl.O=C(NCCCN1CCNCC1)C1CC1c1ccc2ccccc2c1. The monoisotopic (exact) mass is 373 g/mol. The van der Waals surface area contributed by atoms with Gasteiger partial charge in [-0.15, -0.1) is 12.4 Å². The lowest BCUT2D eigenvalue weighted by Crippen LogP contribution is -2.44. The van der Waals surface area contributed by atoms with Crippen LogP contribution in [0, 0.1) is 5.92 Å². The molecule has 1 saturated carbocycles. The Kier molecular flexibility index (Phi) is 6.52. The largest absolute Gasteiger partial charge is 0.356 e. The Labute approximate surface area is 161 Å². The predicted octanol–water partition coefficient (Wildman–Crippen LogP) is 2.78. The van der Waals surface area contributed by atoms with Gasteiger partial charge in [-0.05, 0) is 41.6 Å². The van der Waals surface area contributed by atoms with E-state index in [1.165, 1.54) is 16.3 Å². The third-order valence-corrected chi connectivity index (χ3v) is 5.49. The first-order valence-electron chi connectivity index (χ1n) is 9.51. The van der Waals surface area contributed by atoms with E-state index in [1.807, 2.05) is 0 Å². The van der Waals surface area contributed by atoms with E-state index in [1.54, 1.807) is 0 Å². The van der Waals surface area contributed by atoms with Gasteiger partial charge < -0.3 is 15.5 Å². The van der Waals surface area contributed by atoms with Gasteiger partial charge >= 0.3 is 0 Å². The minimum absolute atomic E-state index is 0. The molecule has 5 heteroatoms. The van der Waals surface area contributed by atoms with Crippen molar-refractivity contribution in [3.63, 3.8) is 0 Å². The number of halogens is 1. The van der Waals surface area contributed by atoms with Crippen LogP contribution in [0.1, 0.15) is 24.3 Å². The summed E-state index contributed by atoms with van der Waals surface area (Å²) in [7, 11) is 0. The van der Waals surface area contributed by atoms with Crippen molar-refractivity contribution in [2.24, 2.45) is 5.92 Å². The number of fused-ring (bicyclic) bond motifs is 1. The van der Waals surface area contributed by atoms with Gasteiger partial charge in [-0.25, -0.2) is 0 Å². The van der Waals surface area contributed by atoms with Gasteiger partial charge in [0.05, 0.1) is 0 Å². The number of rotatable bonds is 6. The van der Waals surface area contributed by atoms with Crippen LogP contribution < -0.4 is 10.6 Å². The number of piperazine rings is 1. The van der Waals surface area contributed by atoms with E-state index in [4.69, 9.17) is 0 Å². The highest BCUT2D eigenvalue weighted by Gasteiger charge is 2.43. The molecule has 1 aliphatic carbocycles. The number of amides is 1. The van der Waals surface area contributed by atoms with Crippen LogP contribution in [0.15, 0.2) is 42.5 Å². The second-order valence-corrected chi connectivity index (χ2v) is 7.29. The average Bonchev–Trinajstić information content (AvgIpc) is 3.46. The summed E-state index contributed by atoms with van der Waals surface area (Å²) < 4.78 is 0. The van der Waals surface area contributed by atoms with Gasteiger partial charge in [0.2, 0.25) is 5.91 Å². The van der Waals surface area contributed by atoms with Crippen molar-refractivity contribution in [3.05, 3.63) is 48.0 Å². The topological polar surface area (TPSA) is 44.4 Å². The summed E-state index contributed by atoms with van der Waals surface area (Å²) >= 11 is 0. The van der Waals surface area contributed by atoms with Crippen LogP contribution in [0.4, 0.5) is 0 Å². The van der Waals surface area contributed by atoms with Crippen LogP contribution in [0.5, 0.6) is 0 Å². The van der Waals surface area contributed by atoms with Crippen molar-refractivity contribution in [1.29, 1.82) is 0 Å². The minimum atomic E-state index is 0. The zero-order valence-electron chi connectivity index (χ0n) is 15.1. The highest BCUT2D eigenvalue weighted by Crippen LogP contribution is 2.48. The van der Waals surface area contributed by atoms with E-state index >= 15 is 0 Å². The lowest BCUT2D eigenvalue weighted by molar-refractivity contribution is -0.122. The number of carbonyl (C=O) groups excluding carboxylic acids is 1. The molecule has 1 amide bonds. The zero-order chi connectivity index (χ0) is 17.1. The van der Waals surface area contributed by atoms with E-state index in [2.05, 4.69) is 58.0 Å². The molecule has 2 atom stereocenters. The number of hydrogen-bond acceptors (Lipinski definition) is 3. The van der Waals surface area contributed by atoms with E-state index in [0.29, 0.717) is 5.92 Å². The van der Waals surface area contributed by atoms with Crippen LogP contribution in [0.25, 0.3) is 10.8 Å². The fourth-order valence-electron chi connectivity index (χ4n) is 3.87. The fourth-order valence-corrected chi connectivity index (χ4v) is 3.87. The Morgan fingerprint density at radius 2 is 1.88 bits per heavy atom. The first kappa shape index (κ1) is 19.2. The third-order valence-electron chi connectivity index (χ3n) is 5.49. The number of carbonyl (C=O) groups is 1. The van der Waals surface area contributed by atoms with Crippen LogP contribution in [-0.4, -0.2) is 50.1 Å².